The van der Waals surface area contributed by atoms with Crippen LogP contribution in [0, 0.1) is 0 Å². The molecule has 0 bridgehead atoms. The van der Waals surface area contributed by atoms with Crippen molar-refractivity contribution < 1.29 is 9.47 Å². The number of nitrogens with zero attached hydrogens (tertiary/aromatic N) is 2. The molecule has 0 radical (unpaired) electrons. The van der Waals surface area contributed by atoms with E-state index < -0.39 is 6.03 Å². The summed E-state index contributed by atoms with van der Waals surface area (Å²) in [4.78, 5) is 3.83. The average molecular weight is 160 g/mol. The summed E-state index contributed by atoms with van der Waals surface area (Å²) in [7, 11) is 7.74. The molecule has 1 aliphatic rings. The quantitative estimate of drug-likeness (QED) is 0.521. The molecule has 1 rings (SSSR count). The molecule has 0 spiro atoms. The van der Waals surface area contributed by atoms with Gasteiger partial charge in [0.15, 0.2) is 0 Å². The highest BCUT2D eigenvalue weighted by molar-refractivity contribution is 4.67. The standard InChI is InChI=1S/C7H16N2O2/c1-8(2)7(9(3)4)10-5-6-11-7/h5-6H2,1-4H3. The van der Waals surface area contributed by atoms with E-state index in [4.69, 9.17) is 9.47 Å². The van der Waals surface area contributed by atoms with Crippen molar-refractivity contribution in [3.63, 3.8) is 0 Å². The Balaban J connectivity index is 2.70. The third kappa shape index (κ3) is 1.39. The van der Waals surface area contributed by atoms with Gasteiger partial charge in [0.2, 0.25) is 0 Å². The Hall–Kier alpha value is -0.160. The summed E-state index contributed by atoms with van der Waals surface area (Å²) in [6.45, 7) is 1.33. The third-order valence-corrected chi connectivity index (χ3v) is 1.79. The van der Waals surface area contributed by atoms with Gasteiger partial charge in [-0.1, -0.05) is 0 Å². The van der Waals surface area contributed by atoms with Crippen molar-refractivity contribution in [2.75, 3.05) is 41.4 Å². The summed E-state index contributed by atoms with van der Waals surface area (Å²) >= 11 is 0. The zero-order chi connectivity index (χ0) is 8.48. The van der Waals surface area contributed by atoms with E-state index in [1.165, 1.54) is 0 Å². The van der Waals surface area contributed by atoms with Crippen LogP contribution in [0.4, 0.5) is 0 Å². The fraction of sp³-hybridized carbons (Fsp3) is 1.00. The van der Waals surface area contributed by atoms with Gasteiger partial charge in [0.05, 0.1) is 13.2 Å². The lowest BCUT2D eigenvalue weighted by Gasteiger charge is -2.38. The fourth-order valence-electron chi connectivity index (χ4n) is 1.31. The monoisotopic (exact) mass is 160 g/mol. The molecular weight excluding hydrogens is 144 g/mol. The van der Waals surface area contributed by atoms with Crippen molar-refractivity contribution in [3.05, 3.63) is 0 Å². The minimum atomic E-state index is -0.639. The van der Waals surface area contributed by atoms with Crippen LogP contribution >= 0.6 is 0 Å². The Kier molecular flexibility index (Phi) is 2.49. The van der Waals surface area contributed by atoms with Crippen LogP contribution in [0.2, 0.25) is 0 Å². The summed E-state index contributed by atoms with van der Waals surface area (Å²) in [6, 6.07) is -0.639. The minimum absolute atomic E-state index is 0.639. The molecule has 1 fully saturated rings. The van der Waals surface area contributed by atoms with Crippen LogP contribution in [-0.2, 0) is 9.47 Å². The Labute approximate surface area is 67.7 Å². The Morgan fingerprint density at radius 1 is 0.909 bits per heavy atom. The Bertz CT molecular complexity index is 120. The Morgan fingerprint density at radius 2 is 1.27 bits per heavy atom. The predicted octanol–water partition coefficient (Wildman–Crippen LogP) is -0.232. The van der Waals surface area contributed by atoms with Gasteiger partial charge in [-0.25, -0.2) is 9.80 Å². The first-order chi connectivity index (χ1) is 5.09. The SMILES string of the molecule is CN(C)C1(N(C)C)OCCO1. The first-order valence-corrected chi connectivity index (χ1v) is 3.72. The highest BCUT2D eigenvalue weighted by Crippen LogP contribution is 2.23. The molecule has 0 aliphatic carbocycles. The van der Waals surface area contributed by atoms with E-state index in [0.29, 0.717) is 13.2 Å². The van der Waals surface area contributed by atoms with Crippen molar-refractivity contribution in [1.29, 1.82) is 0 Å². The number of hydrogen-bond acceptors (Lipinski definition) is 4. The molecule has 0 unspecified atom stereocenters. The number of rotatable bonds is 2. The molecule has 0 atom stereocenters. The molecule has 11 heavy (non-hydrogen) atoms. The topological polar surface area (TPSA) is 24.9 Å². The zero-order valence-corrected chi connectivity index (χ0v) is 7.63. The van der Waals surface area contributed by atoms with Crippen molar-refractivity contribution in [2.24, 2.45) is 0 Å². The second-order valence-electron chi connectivity index (χ2n) is 3.03. The van der Waals surface area contributed by atoms with Crippen LogP contribution in [0.25, 0.3) is 0 Å². The second kappa shape index (κ2) is 3.06. The van der Waals surface area contributed by atoms with Crippen molar-refractivity contribution in [3.8, 4) is 0 Å². The van der Waals surface area contributed by atoms with Gasteiger partial charge in [-0.15, -0.1) is 0 Å². The molecular formula is C7H16N2O2. The van der Waals surface area contributed by atoms with Gasteiger partial charge in [-0.05, 0) is 28.2 Å². The zero-order valence-electron chi connectivity index (χ0n) is 7.63. The van der Waals surface area contributed by atoms with Gasteiger partial charge in [-0.3, -0.25) is 0 Å². The van der Waals surface area contributed by atoms with Gasteiger partial charge in [0.1, 0.15) is 0 Å². The molecule has 1 saturated heterocycles. The van der Waals surface area contributed by atoms with Crippen LogP contribution in [-0.4, -0.2) is 57.2 Å². The average Bonchev–Trinajstić information content (AvgIpc) is 2.34. The molecule has 0 aromatic carbocycles. The van der Waals surface area contributed by atoms with Crippen LogP contribution in [0.1, 0.15) is 0 Å². The van der Waals surface area contributed by atoms with Gasteiger partial charge >= 0.3 is 0 Å². The lowest BCUT2D eigenvalue weighted by molar-refractivity contribution is -0.319. The molecule has 4 heteroatoms. The maximum atomic E-state index is 5.49. The molecule has 4 nitrogen and oxygen atoms in total. The third-order valence-electron chi connectivity index (χ3n) is 1.79. The first kappa shape index (κ1) is 8.93. The Morgan fingerprint density at radius 3 is 1.45 bits per heavy atom. The fourth-order valence-corrected chi connectivity index (χ4v) is 1.31. The van der Waals surface area contributed by atoms with E-state index >= 15 is 0 Å². The number of ether oxygens (including phenoxy) is 2. The van der Waals surface area contributed by atoms with E-state index in [1.54, 1.807) is 0 Å². The lowest BCUT2D eigenvalue weighted by atomic mass is 10.6. The maximum Gasteiger partial charge on any atom is 0.296 e. The van der Waals surface area contributed by atoms with Gasteiger partial charge in [0.25, 0.3) is 6.03 Å². The lowest BCUT2D eigenvalue weighted by Crippen LogP contribution is -2.56. The molecule has 1 aliphatic heterocycles. The molecule has 0 amide bonds. The van der Waals surface area contributed by atoms with Gasteiger partial charge in [-0.2, -0.15) is 0 Å². The first-order valence-electron chi connectivity index (χ1n) is 3.72. The largest absolute Gasteiger partial charge is 0.322 e. The summed E-state index contributed by atoms with van der Waals surface area (Å²) in [5.74, 6) is 0. The number of hydrogen-bond donors (Lipinski definition) is 0. The van der Waals surface area contributed by atoms with E-state index in [0.717, 1.165) is 0 Å². The van der Waals surface area contributed by atoms with E-state index in [-0.39, 0.29) is 0 Å². The molecule has 0 aromatic rings. The van der Waals surface area contributed by atoms with Crippen LogP contribution < -0.4 is 0 Å². The van der Waals surface area contributed by atoms with Crippen LogP contribution in [0.15, 0.2) is 0 Å². The summed E-state index contributed by atoms with van der Waals surface area (Å²) in [5, 5.41) is 0. The van der Waals surface area contributed by atoms with Crippen LogP contribution in [0.5, 0.6) is 0 Å². The van der Waals surface area contributed by atoms with E-state index in [9.17, 15) is 0 Å². The van der Waals surface area contributed by atoms with Crippen molar-refractivity contribution in [2.45, 2.75) is 6.03 Å². The predicted molar refractivity (Wildman–Crippen MR) is 42.0 cm³/mol. The summed E-state index contributed by atoms with van der Waals surface area (Å²) in [6.07, 6.45) is 0. The smallest absolute Gasteiger partial charge is 0.296 e. The highest BCUT2D eigenvalue weighted by atomic mass is 16.8. The minimum Gasteiger partial charge on any atom is -0.322 e. The summed E-state index contributed by atoms with van der Waals surface area (Å²) < 4.78 is 11.0. The van der Waals surface area contributed by atoms with Crippen LogP contribution in [0.3, 0.4) is 0 Å². The van der Waals surface area contributed by atoms with Gasteiger partial charge in [0, 0.05) is 0 Å². The maximum absolute atomic E-state index is 5.49. The second-order valence-corrected chi connectivity index (χ2v) is 3.03. The molecule has 66 valence electrons. The van der Waals surface area contributed by atoms with Crippen molar-refractivity contribution in [1.82, 2.24) is 9.80 Å². The molecule has 1 heterocycles. The summed E-state index contributed by atoms with van der Waals surface area (Å²) in [5.41, 5.74) is 0. The van der Waals surface area contributed by atoms with E-state index in [1.807, 2.05) is 38.0 Å². The molecule has 0 aromatic heterocycles. The normalized spacial score (nSPS) is 23.5. The van der Waals surface area contributed by atoms with Gasteiger partial charge < -0.3 is 9.47 Å². The van der Waals surface area contributed by atoms with Crippen molar-refractivity contribution >= 4 is 0 Å². The molecule has 0 saturated carbocycles. The highest BCUT2D eigenvalue weighted by Gasteiger charge is 2.41. The molecule has 0 N–H and O–H groups in total. The van der Waals surface area contributed by atoms with E-state index in [2.05, 4.69) is 0 Å².